The quantitative estimate of drug-likeness (QED) is 0.865. The van der Waals surface area contributed by atoms with E-state index in [0.717, 1.165) is 44.7 Å². The number of nitrogens with zero attached hydrogens (tertiary/aromatic N) is 3. The van der Waals surface area contributed by atoms with Crippen LogP contribution in [-0.4, -0.2) is 47.2 Å². The first-order valence-corrected chi connectivity index (χ1v) is 10.8. The Hall–Kier alpha value is -2.47. The average molecular weight is 390 g/mol. The smallest absolute Gasteiger partial charge is 0.225 e. The van der Waals surface area contributed by atoms with E-state index in [1.807, 2.05) is 6.07 Å². The summed E-state index contributed by atoms with van der Waals surface area (Å²) in [5.41, 5.74) is 2.57. The maximum absolute atomic E-state index is 12.9. The minimum absolute atomic E-state index is 0.0682. The van der Waals surface area contributed by atoms with Crippen LogP contribution in [0.15, 0.2) is 42.7 Å². The van der Waals surface area contributed by atoms with Crippen molar-refractivity contribution in [1.82, 2.24) is 15.3 Å². The number of anilines is 1. The van der Waals surface area contributed by atoms with Gasteiger partial charge >= 0.3 is 0 Å². The maximum Gasteiger partial charge on any atom is 0.225 e. The minimum atomic E-state index is -0.0805. The largest absolute Gasteiger partial charge is 0.369 e. The second-order valence-electron chi connectivity index (χ2n) is 9.08. The van der Waals surface area contributed by atoms with Gasteiger partial charge < -0.3 is 15.0 Å². The lowest BCUT2D eigenvalue weighted by Gasteiger charge is -2.29. The summed E-state index contributed by atoms with van der Waals surface area (Å²) in [5, 5.41) is 3.28. The van der Waals surface area contributed by atoms with Gasteiger partial charge in [-0.05, 0) is 42.9 Å². The lowest BCUT2D eigenvalue weighted by atomic mass is 9.73. The normalized spacial score (nSPS) is 32.4. The Morgan fingerprint density at radius 3 is 2.69 bits per heavy atom. The highest BCUT2D eigenvalue weighted by Gasteiger charge is 2.63. The topological polar surface area (TPSA) is 67.4 Å². The molecule has 1 amide bonds. The molecule has 0 radical (unpaired) electrons. The molecule has 1 aromatic carbocycles. The van der Waals surface area contributed by atoms with E-state index in [2.05, 4.69) is 44.5 Å². The lowest BCUT2D eigenvalue weighted by Crippen LogP contribution is -2.43. The summed E-state index contributed by atoms with van der Waals surface area (Å²) in [7, 11) is 0. The molecule has 3 aliphatic heterocycles. The van der Waals surface area contributed by atoms with Crippen molar-refractivity contribution >= 4 is 11.9 Å². The maximum atomic E-state index is 12.9. The average Bonchev–Trinajstić information content (AvgIpc) is 3.51. The number of ether oxygens (including phenoxy) is 1. The van der Waals surface area contributed by atoms with Crippen LogP contribution in [0.2, 0.25) is 0 Å². The Balaban J connectivity index is 1.12. The molecular formula is C23H26N4O2. The summed E-state index contributed by atoms with van der Waals surface area (Å²) in [4.78, 5) is 24.0. The number of carbonyl (C=O) groups is 1. The fourth-order valence-corrected chi connectivity index (χ4v) is 6.18. The van der Waals surface area contributed by atoms with E-state index in [4.69, 9.17) is 4.74 Å². The fraction of sp³-hybridized carbons (Fsp3) is 0.522. The summed E-state index contributed by atoms with van der Waals surface area (Å²) in [6.45, 7) is 2.49. The molecule has 1 N–H and O–H groups in total. The van der Waals surface area contributed by atoms with Crippen LogP contribution in [-0.2, 0) is 22.4 Å². The zero-order chi connectivity index (χ0) is 19.4. The van der Waals surface area contributed by atoms with Gasteiger partial charge in [0, 0.05) is 43.2 Å². The highest BCUT2D eigenvalue weighted by molar-refractivity contribution is 5.80. The number of hydrogen-bond donors (Lipinski definition) is 1. The van der Waals surface area contributed by atoms with Gasteiger partial charge in [0.2, 0.25) is 11.9 Å². The van der Waals surface area contributed by atoms with Crippen molar-refractivity contribution in [3.8, 4) is 0 Å². The Labute approximate surface area is 170 Å². The van der Waals surface area contributed by atoms with Gasteiger partial charge in [0.05, 0.1) is 18.2 Å². The molecule has 1 aromatic heterocycles. The molecule has 4 atom stereocenters. The van der Waals surface area contributed by atoms with Gasteiger partial charge in [-0.15, -0.1) is 0 Å². The summed E-state index contributed by atoms with van der Waals surface area (Å²) >= 11 is 0. The third kappa shape index (κ3) is 2.76. The Morgan fingerprint density at radius 2 is 1.93 bits per heavy atom. The Morgan fingerprint density at radius 1 is 1.17 bits per heavy atom. The lowest BCUT2D eigenvalue weighted by molar-refractivity contribution is -0.125. The van der Waals surface area contributed by atoms with Gasteiger partial charge in [0.15, 0.2) is 0 Å². The summed E-state index contributed by atoms with van der Waals surface area (Å²) in [6, 6.07) is 10.3. The predicted molar refractivity (Wildman–Crippen MR) is 108 cm³/mol. The molecule has 3 fully saturated rings. The summed E-state index contributed by atoms with van der Waals surface area (Å²) in [5.74, 6) is 1.86. The van der Waals surface area contributed by atoms with Gasteiger partial charge in [-0.1, -0.05) is 24.3 Å². The molecule has 6 heteroatoms. The van der Waals surface area contributed by atoms with E-state index in [0.29, 0.717) is 18.4 Å². The molecule has 1 aliphatic carbocycles. The number of carbonyl (C=O) groups excluding carboxylic acids is 1. The molecule has 150 valence electrons. The van der Waals surface area contributed by atoms with Crippen molar-refractivity contribution in [3.63, 3.8) is 0 Å². The molecule has 29 heavy (non-hydrogen) atoms. The highest BCUT2D eigenvalue weighted by atomic mass is 16.5. The van der Waals surface area contributed by atoms with Crippen LogP contribution in [0.3, 0.4) is 0 Å². The second-order valence-corrected chi connectivity index (χ2v) is 9.08. The molecule has 1 spiro atoms. The van der Waals surface area contributed by atoms with E-state index in [9.17, 15) is 4.79 Å². The molecular weight excluding hydrogens is 364 g/mol. The first kappa shape index (κ1) is 17.4. The Bertz CT molecular complexity index is 910. The van der Waals surface area contributed by atoms with E-state index in [1.54, 1.807) is 12.4 Å². The van der Waals surface area contributed by atoms with Gasteiger partial charge in [-0.25, -0.2) is 9.97 Å². The van der Waals surface area contributed by atoms with E-state index >= 15 is 0 Å². The van der Waals surface area contributed by atoms with E-state index < -0.39 is 0 Å². The zero-order valence-corrected chi connectivity index (χ0v) is 16.5. The molecule has 6 rings (SSSR count). The third-order valence-corrected chi connectivity index (χ3v) is 7.55. The number of aromatic nitrogens is 2. The number of rotatable bonds is 4. The van der Waals surface area contributed by atoms with Crippen molar-refractivity contribution < 1.29 is 9.53 Å². The van der Waals surface area contributed by atoms with Gasteiger partial charge in [-0.2, -0.15) is 0 Å². The SMILES string of the molecule is O=C(NC[C@H]1[C@H]2CN(c3ncccn3)C[C@]23CC[C@H]1O3)C1Cc2ccccc2C1. The van der Waals surface area contributed by atoms with E-state index in [1.165, 1.54) is 11.1 Å². The van der Waals surface area contributed by atoms with E-state index in [-0.39, 0.29) is 23.5 Å². The third-order valence-electron chi connectivity index (χ3n) is 7.55. The standard InChI is InChI=1S/C23H26N4O2/c28-21(17-10-15-4-1-2-5-16(15)11-17)26-12-18-19-13-27(22-24-8-3-9-25-22)14-23(19)7-6-20(18)29-23/h1-5,8-9,17-20H,6-7,10-14H2,(H,26,28)/t18-,19+,20+,23+/m0/s1. The monoisotopic (exact) mass is 390 g/mol. The first-order chi connectivity index (χ1) is 14.2. The summed E-state index contributed by atoms with van der Waals surface area (Å²) in [6.07, 6.45) is 7.79. The number of fused-ring (bicyclic) bond motifs is 2. The molecule has 0 saturated carbocycles. The molecule has 6 nitrogen and oxygen atoms in total. The zero-order valence-electron chi connectivity index (χ0n) is 16.5. The van der Waals surface area contributed by atoms with Crippen molar-refractivity contribution in [2.45, 2.75) is 37.4 Å². The van der Waals surface area contributed by atoms with Crippen molar-refractivity contribution in [1.29, 1.82) is 0 Å². The van der Waals surface area contributed by atoms with Crippen molar-refractivity contribution in [2.75, 3.05) is 24.5 Å². The molecule has 4 heterocycles. The number of amides is 1. The second kappa shape index (κ2) is 6.52. The van der Waals surface area contributed by atoms with Gasteiger partial charge in [0.1, 0.15) is 0 Å². The Kier molecular flexibility index (Phi) is 3.91. The van der Waals surface area contributed by atoms with Crippen LogP contribution in [0, 0.1) is 17.8 Å². The van der Waals surface area contributed by atoms with Crippen LogP contribution in [0.1, 0.15) is 24.0 Å². The molecule has 4 aliphatic rings. The molecule has 3 saturated heterocycles. The molecule has 2 aromatic rings. The number of hydrogen-bond acceptors (Lipinski definition) is 5. The number of nitrogens with one attached hydrogen (secondary N) is 1. The van der Waals surface area contributed by atoms with Gasteiger partial charge in [-0.3, -0.25) is 4.79 Å². The minimum Gasteiger partial charge on any atom is -0.369 e. The molecule has 2 bridgehead atoms. The predicted octanol–water partition coefficient (Wildman–Crippen LogP) is 1.99. The van der Waals surface area contributed by atoms with Crippen LogP contribution in [0.5, 0.6) is 0 Å². The summed E-state index contributed by atoms with van der Waals surface area (Å²) < 4.78 is 6.51. The number of benzene rings is 1. The van der Waals surface area contributed by atoms with Crippen molar-refractivity contribution in [3.05, 3.63) is 53.9 Å². The first-order valence-electron chi connectivity index (χ1n) is 10.8. The van der Waals surface area contributed by atoms with Crippen LogP contribution < -0.4 is 10.2 Å². The highest BCUT2D eigenvalue weighted by Crippen LogP contribution is 2.54. The fourth-order valence-electron chi connectivity index (χ4n) is 6.18. The van der Waals surface area contributed by atoms with Crippen LogP contribution in [0.4, 0.5) is 5.95 Å². The van der Waals surface area contributed by atoms with Crippen molar-refractivity contribution in [2.24, 2.45) is 17.8 Å². The molecule has 0 unspecified atom stereocenters. The van der Waals surface area contributed by atoms with Crippen LogP contribution >= 0.6 is 0 Å². The van der Waals surface area contributed by atoms with Crippen LogP contribution in [0.25, 0.3) is 0 Å². The van der Waals surface area contributed by atoms with Gasteiger partial charge in [0.25, 0.3) is 0 Å².